The summed E-state index contributed by atoms with van der Waals surface area (Å²) in [5.41, 5.74) is 3.13. The maximum Gasteiger partial charge on any atom is 0.227 e. The minimum Gasteiger partial charge on any atom is -0.349 e. The highest BCUT2D eigenvalue weighted by Gasteiger charge is 2.36. The van der Waals surface area contributed by atoms with E-state index < -0.39 is 0 Å². The standard InChI is InChI=1S/C21H24N2O2/c1-3-16-9-7-8-12-19(16)23-14-18(13-20(23)24)21(25)22-15(2)17-10-5-4-6-11-17/h4-12,15,18H,3,13-14H2,1-2H3,(H,22,25)/t15-,18-/m1/s1. The van der Waals surface area contributed by atoms with Gasteiger partial charge in [-0.2, -0.15) is 0 Å². The molecule has 0 spiro atoms. The molecule has 0 saturated carbocycles. The minimum atomic E-state index is -0.302. The van der Waals surface area contributed by atoms with Gasteiger partial charge >= 0.3 is 0 Å². The maximum atomic E-state index is 12.6. The molecular formula is C21H24N2O2. The normalized spacial score (nSPS) is 18.2. The van der Waals surface area contributed by atoms with Gasteiger partial charge in [0.05, 0.1) is 12.0 Å². The topological polar surface area (TPSA) is 49.4 Å². The lowest BCUT2D eigenvalue weighted by molar-refractivity contribution is -0.126. The molecule has 25 heavy (non-hydrogen) atoms. The van der Waals surface area contributed by atoms with Crippen LogP contribution in [0.2, 0.25) is 0 Å². The van der Waals surface area contributed by atoms with E-state index in [0.717, 1.165) is 23.2 Å². The largest absolute Gasteiger partial charge is 0.349 e. The summed E-state index contributed by atoms with van der Waals surface area (Å²) >= 11 is 0. The Morgan fingerprint density at radius 1 is 1.16 bits per heavy atom. The first kappa shape index (κ1) is 17.2. The number of nitrogens with zero attached hydrogens (tertiary/aromatic N) is 1. The number of hydrogen-bond acceptors (Lipinski definition) is 2. The molecule has 1 heterocycles. The fraction of sp³-hybridized carbons (Fsp3) is 0.333. The van der Waals surface area contributed by atoms with Gasteiger partial charge in [0, 0.05) is 18.7 Å². The molecule has 3 rings (SSSR count). The van der Waals surface area contributed by atoms with Crippen molar-refractivity contribution in [3.05, 3.63) is 65.7 Å². The van der Waals surface area contributed by atoms with Crippen LogP contribution in [0.25, 0.3) is 0 Å². The van der Waals surface area contributed by atoms with Crippen molar-refractivity contribution in [3.8, 4) is 0 Å². The maximum absolute atomic E-state index is 12.6. The van der Waals surface area contributed by atoms with E-state index in [1.165, 1.54) is 0 Å². The third-order valence-electron chi connectivity index (χ3n) is 4.82. The van der Waals surface area contributed by atoms with E-state index in [2.05, 4.69) is 12.2 Å². The monoisotopic (exact) mass is 336 g/mol. The number of carbonyl (C=O) groups excluding carboxylic acids is 2. The highest BCUT2D eigenvalue weighted by molar-refractivity contribution is 6.00. The molecule has 0 unspecified atom stereocenters. The molecule has 0 bridgehead atoms. The summed E-state index contributed by atoms with van der Waals surface area (Å²) in [6.07, 6.45) is 1.13. The minimum absolute atomic E-state index is 0.0217. The molecule has 2 aromatic rings. The van der Waals surface area contributed by atoms with Gasteiger partial charge in [-0.05, 0) is 30.5 Å². The van der Waals surface area contributed by atoms with Gasteiger partial charge in [-0.1, -0.05) is 55.5 Å². The van der Waals surface area contributed by atoms with Crippen LogP contribution in [-0.2, 0) is 16.0 Å². The van der Waals surface area contributed by atoms with Gasteiger partial charge in [0.25, 0.3) is 0 Å². The predicted molar refractivity (Wildman–Crippen MR) is 99.3 cm³/mol. The second-order valence-electron chi connectivity index (χ2n) is 6.53. The Balaban J connectivity index is 1.69. The third-order valence-corrected chi connectivity index (χ3v) is 4.82. The van der Waals surface area contributed by atoms with Crippen LogP contribution < -0.4 is 10.2 Å². The van der Waals surface area contributed by atoms with Crippen LogP contribution in [-0.4, -0.2) is 18.4 Å². The molecule has 1 fully saturated rings. The molecule has 0 aromatic heterocycles. The van der Waals surface area contributed by atoms with Crippen LogP contribution in [0, 0.1) is 5.92 Å². The van der Waals surface area contributed by atoms with Gasteiger partial charge in [0.1, 0.15) is 0 Å². The average molecular weight is 336 g/mol. The van der Waals surface area contributed by atoms with E-state index in [1.54, 1.807) is 4.90 Å². The van der Waals surface area contributed by atoms with Crippen LogP contribution in [0.5, 0.6) is 0 Å². The Labute approximate surface area is 148 Å². The second kappa shape index (κ2) is 7.51. The SMILES string of the molecule is CCc1ccccc1N1C[C@H](C(=O)N[C@H](C)c2ccccc2)CC1=O. The number of hydrogen-bond donors (Lipinski definition) is 1. The zero-order valence-corrected chi connectivity index (χ0v) is 14.7. The smallest absolute Gasteiger partial charge is 0.227 e. The molecule has 4 nitrogen and oxygen atoms in total. The van der Waals surface area contributed by atoms with E-state index in [9.17, 15) is 9.59 Å². The molecule has 0 radical (unpaired) electrons. The molecule has 0 aliphatic carbocycles. The molecule has 130 valence electrons. The average Bonchev–Trinajstić information content (AvgIpc) is 3.04. The second-order valence-corrected chi connectivity index (χ2v) is 6.53. The number of rotatable bonds is 5. The summed E-state index contributed by atoms with van der Waals surface area (Å²) < 4.78 is 0. The van der Waals surface area contributed by atoms with Crippen molar-refractivity contribution in [1.82, 2.24) is 5.32 Å². The number of benzene rings is 2. The Hall–Kier alpha value is -2.62. The van der Waals surface area contributed by atoms with Crippen molar-refractivity contribution in [2.75, 3.05) is 11.4 Å². The molecule has 2 aromatic carbocycles. The van der Waals surface area contributed by atoms with E-state index in [-0.39, 0.29) is 30.2 Å². The van der Waals surface area contributed by atoms with Crippen LogP contribution in [0.4, 0.5) is 5.69 Å². The van der Waals surface area contributed by atoms with Crippen LogP contribution in [0.15, 0.2) is 54.6 Å². The van der Waals surface area contributed by atoms with Crippen molar-refractivity contribution < 1.29 is 9.59 Å². The first-order valence-corrected chi connectivity index (χ1v) is 8.83. The quantitative estimate of drug-likeness (QED) is 0.909. The summed E-state index contributed by atoms with van der Waals surface area (Å²) in [6.45, 7) is 4.49. The van der Waals surface area contributed by atoms with Crippen molar-refractivity contribution >= 4 is 17.5 Å². The summed E-state index contributed by atoms with van der Waals surface area (Å²) in [5, 5.41) is 3.04. The Morgan fingerprint density at radius 2 is 1.84 bits per heavy atom. The summed E-state index contributed by atoms with van der Waals surface area (Å²) in [6, 6.07) is 17.7. The number of amides is 2. The predicted octanol–water partition coefficient (Wildman–Crippen LogP) is 3.48. The van der Waals surface area contributed by atoms with Crippen LogP contribution in [0.3, 0.4) is 0 Å². The van der Waals surface area contributed by atoms with Gasteiger partial charge in [0.15, 0.2) is 0 Å². The summed E-state index contributed by atoms with van der Waals surface area (Å²) in [7, 11) is 0. The van der Waals surface area contributed by atoms with E-state index in [1.807, 2.05) is 61.5 Å². The Bertz CT molecular complexity index is 758. The zero-order valence-electron chi connectivity index (χ0n) is 14.7. The van der Waals surface area contributed by atoms with E-state index in [0.29, 0.717) is 6.54 Å². The molecule has 2 atom stereocenters. The molecular weight excluding hydrogens is 312 g/mol. The lowest BCUT2D eigenvalue weighted by Crippen LogP contribution is -2.34. The van der Waals surface area contributed by atoms with Crippen molar-refractivity contribution in [2.24, 2.45) is 5.92 Å². The van der Waals surface area contributed by atoms with E-state index >= 15 is 0 Å². The molecule has 4 heteroatoms. The lowest BCUT2D eigenvalue weighted by atomic mass is 10.0. The van der Waals surface area contributed by atoms with E-state index in [4.69, 9.17) is 0 Å². The van der Waals surface area contributed by atoms with Gasteiger partial charge in [-0.15, -0.1) is 0 Å². The summed E-state index contributed by atoms with van der Waals surface area (Å²) in [4.78, 5) is 26.8. The molecule has 2 amide bonds. The fourth-order valence-electron chi connectivity index (χ4n) is 3.35. The number of nitrogens with one attached hydrogen (secondary N) is 1. The molecule has 1 aliphatic heterocycles. The lowest BCUT2D eigenvalue weighted by Gasteiger charge is -2.20. The highest BCUT2D eigenvalue weighted by Crippen LogP contribution is 2.29. The first-order valence-electron chi connectivity index (χ1n) is 8.83. The molecule has 1 saturated heterocycles. The number of carbonyl (C=O) groups is 2. The number of anilines is 1. The van der Waals surface area contributed by atoms with Gasteiger partial charge in [0.2, 0.25) is 11.8 Å². The first-order chi connectivity index (χ1) is 12.1. The summed E-state index contributed by atoms with van der Waals surface area (Å²) in [5.74, 6) is -0.335. The number of para-hydroxylation sites is 1. The zero-order chi connectivity index (χ0) is 17.8. The van der Waals surface area contributed by atoms with Gasteiger partial charge in [-0.3, -0.25) is 9.59 Å². The number of aryl methyl sites for hydroxylation is 1. The van der Waals surface area contributed by atoms with Crippen molar-refractivity contribution in [3.63, 3.8) is 0 Å². The Kier molecular flexibility index (Phi) is 5.17. The van der Waals surface area contributed by atoms with Crippen LogP contribution >= 0.6 is 0 Å². The third kappa shape index (κ3) is 3.73. The Morgan fingerprint density at radius 3 is 2.56 bits per heavy atom. The highest BCUT2D eigenvalue weighted by atomic mass is 16.2. The molecule has 1 aliphatic rings. The van der Waals surface area contributed by atoms with Crippen molar-refractivity contribution in [1.29, 1.82) is 0 Å². The molecule has 1 N–H and O–H groups in total. The fourth-order valence-corrected chi connectivity index (χ4v) is 3.35. The van der Waals surface area contributed by atoms with Crippen molar-refractivity contribution in [2.45, 2.75) is 32.7 Å². The van der Waals surface area contributed by atoms with Crippen LogP contribution in [0.1, 0.15) is 37.4 Å². The van der Waals surface area contributed by atoms with Gasteiger partial charge in [-0.25, -0.2) is 0 Å². The van der Waals surface area contributed by atoms with Gasteiger partial charge < -0.3 is 10.2 Å².